The maximum Gasteiger partial charge on any atom is 0.349 e. The van der Waals surface area contributed by atoms with Gasteiger partial charge in [0.1, 0.15) is 11.3 Å². The minimum atomic E-state index is -0.653. The van der Waals surface area contributed by atoms with E-state index in [1.165, 1.54) is 13.2 Å². The normalized spacial score (nSPS) is 15.9. The van der Waals surface area contributed by atoms with E-state index in [1.807, 2.05) is 0 Å². The molecule has 1 unspecified atom stereocenters. The van der Waals surface area contributed by atoms with E-state index >= 15 is 0 Å². The van der Waals surface area contributed by atoms with Gasteiger partial charge in [-0.05, 0) is 62.6 Å². The lowest BCUT2D eigenvalue weighted by Crippen LogP contribution is -2.30. The van der Waals surface area contributed by atoms with Crippen LogP contribution < -0.4 is 16.3 Å². The monoisotopic (exact) mass is 420 g/mol. The van der Waals surface area contributed by atoms with E-state index in [4.69, 9.17) is 9.15 Å². The molecule has 2 heterocycles. The zero-order valence-electron chi connectivity index (χ0n) is 16.7. The van der Waals surface area contributed by atoms with Gasteiger partial charge in [-0.3, -0.25) is 4.79 Å². The van der Waals surface area contributed by atoms with Crippen LogP contribution in [0.15, 0.2) is 33.5 Å². The van der Waals surface area contributed by atoms with E-state index in [2.05, 4.69) is 10.6 Å². The van der Waals surface area contributed by atoms with Gasteiger partial charge in [0.15, 0.2) is 0 Å². The predicted molar refractivity (Wildman–Crippen MR) is 112 cm³/mol. The number of aryl methyl sites for hydroxylation is 2. The number of esters is 1. The van der Waals surface area contributed by atoms with E-state index in [-0.39, 0.29) is 23.9 Å². The summed E-state index contributed by atoms with van der Waals surface area (Å²) in [4.78, 5) is 37.0. The largest absolute Gasteiger partial charge is 0.465 e. The summed E-state index contributed by atoms with van der Waals surface area (Å²) in [6, 6.07) is 6.61. The quantitative estimate of drug-likeness (QED) is 0.737. The van der Waals surface area contributed by atoms with Crippen LogP contribution in [0.4, 0.5) is 5.69 Å². The third-order valence-electron chi connectivity index (χ3n) is 5.00. The predicted octanol–water partition coefficient (Wildman–Crippen LogP) is 3.18. The van der Waals surface area contributed by atoms with Gasteiger partial charge in [0.05, 0.1) is 12.7 Å². The number of amides is 1. The molecule has 1 aromatic heterocycles. The molecule has 1 fully saturated rings. The van der Waals surface area contributed by atoms with Crippen LogP contribution in [0.2, 0.25) is 0 Å². The van der Waals surface area contributed by atoms with Crippen molar-refractivity contribution in [2.75, 3.05) is 25.5 Å². The zero-order chi connectivity index (χ0) is 20.3. The number of halogens is 1. The number of rotatable bonds is 4. The lowest BCUT2D eigenvalue weighted by atomic mass is 9.95. The van der Waals surface area contributed by atoms with Crippen molar-refractivity contribution in [3.05, 3.63) is 62.7 Å². The highest BCUT2D eigenvalue weighted by atomic mass is 35.5. The highest BCUT2D eigenvalue weighted by molar-refractivity contribution is 6.05. The average molecular weight is 421 g/mol. The molecule has 156 valence electrons. The van der Waals surface area contributed by atoms with Gasteiger partial charge in [-0.2, -0.15) is 0 Å². The van der Waals surface area contributed by atoms with Crippen molar-refractivity contribution in [2.24, 2.45) is 0 Å². The van der Waals surface area contributed by atoms with Gasteiger partial charge in [0.2, 0.25) is 0 Å². The third-order valence-corrected chi connectivity index (χ3v) is 5.00. The van der Waals surface area contributed by atoms with Crippen molar-refractivity contribution in [2.45, 2.75) is 32.6 Å². The molecule has 1 amide bonds. The first-order chi connectivity index (χ1) is 13.4. The van der Waals surface area contributed by atoms with Gasteiger partial charge in [-0.25, -0.2) is 9.59 Å². The van der Waals surface area contributed by atoms with Crippen molar-refractivity contribution in [1.82, 2.24) is 5.32 Å². The first-order valence-electron chi connectivity index (χ1n) is 9.26. The molecule has 3 rings (SSSR count). The number of nitrogens with one attached hydrogen (secondary N) is 2. The lowest BCUT2D eigenvalue weighted by molar-refractivity contribution is 0.0600. The summed E-state index contributed by atoms with van der Waals surface area (Å²) >= 11 is 0. The summed E-state index contributed by atoms with van der Waals surface area (Å²) in [5.74, 6) is -0.326. The van der Waals surface area contributed by atoms with Crippen LogP contribution in [0.3, 0.4) is 0 Å². The summed E-state index contributed by atoms with van der Waals surface area (Å²) < 4.78 is 10.2. The van der Waals surface area contributed by atoms with Gasteiger partial charge in [-0.15, -0.1) is 12.4 Å². The number of carbonyl (C=O) groups is 2. The minimum Gasteiger partial charge on any atom is -0.465 e. The molecule has 0 bridgehead atoms. The highest BCUT2D eigenvalue weighted by Gasteiger charge is 2.23. The van der Waals surface area contributed by atoms with Crippen LogP contribution in [-0.4, -0.2) is 32.1 Å². The Kier molecular flexibility index (Phi) is 7.59. The molecule has 0 saturated carbocycles. The SMILES string of the molecule is COC(=O)c1ccc(C)c(NC(=O)c2c(C)cc(C3CCCNC3)oc2=O)c1.Cl. The van der Waals surface area contributed by atoms with E-state index < -0.39 is 17.5 Å². The Morgan fingerprint density at radius 1 is 1.21 bits per heavy atom. The van der Waals surface area contributed by atoms with Gasteiger partial charge in [-0.1, -0.05) is 6.07 Å². The third kappa shape index (κ3) is 5.05. The Bertz CT molecular complexity index is 964. The maximum atomic E-state index is 12.7. The minimum absolute atomic E-state index is 0. The van der Waals surface area contributed by atoms with Crippen molar-refractivity contribution < 1.29 is 18.7 Å². The number of carbonyl (C=O) groups excluding carboxylic acids is 2. The highest BCUT2D eigenvalue weighted by Crippen LogP contribution is 2.24. The molecule has 1 aliphatic rings. The molecule has 7 nitrogen and oxygen atoms in total. The van der Waals surface area contributed by atoms with Gasteiger partial charge in [0, 0.05) is 18.2 Å². The standard InChI is InChI=1S/C21H24N2O5.ClH/c1-12-6-7-14(20(25)27-3)10-16(12)23-19(24)18-13(2)9-17(28-21(18)26)15-5-4-8-22-11-15;/h6-7,9-10,15,22H,4-5,8,11H2,1-3H3,(H,23,24);1H. The Balaban J connectivity index is 0.00000300. The molecular formula is C21H25ClN2O5. The second-order valence-corrected chi connectivity index (χ2v) is 7.01. The van der Waals surface area contributed by atoms with Crippen molar-refractivity contribution in [3.63, 3.8) is 0 Å². The molecule has 2 N–H and O–H groups in total. The molecule has 29 heavy (non-hydrogen) atoms. The fourth-order valence-electron chi connectivity index (χ4n) is 3.39. The molecule has 1 aromatic carbocycles. The van der Waals surface area contributed by atoms with Crippen LogP contribution in [0.1, 0.15) is 56.4 Å². The summed E-state index contributed by atoms with van der Waals surface area (Å²) in [5, 5.41) is 6.00. The molecule has 1 atom stereocenters. The van der Waals surface area contributed by atoms with Gasteiger partial charge >= 0.3 is 11.6 Å². The Morgan fingerprint density at radius 2 is 1.97 bits per heavy atom. The topological polar surface area (TPSA) is 97.6 Å². The van der Waals surface area contributed by atoms with E-state index in [1.54, 1.807) is 32.0 Å². The Labute approximate surface area is 175 Å². The second kappa shape index (κ2) is 9.71. The number of hydrogen-bond acceptors (Lipinski definition) is 6. The van der Waals surface area contributed by atoms with Crippen LogP contribution in [0.5, 0.6) is 0 Å². The number of anilines is 1. The van der Waals surface area contributed by atoms with Crippen LogP contribution in [0, 0.1) is 13.8 Å². The molecule has 8 heteroatoms. The van der Waals surface area contributed by atoms with Crippen molar-refractivity contribution in [1.29, 1.82) is 0 Å². The van der Waals surface area contributed by atoms with Crippen LogP contribution in [0.25, 0.3) is 0 Å². The lowest BCUT2D eigenvalue weighted by Gasteiger charge is -2.22. The molecule has 2 aromatic rings. The van der Waals surface area contributed by atoms with Crippen molar-refractivity contribution >= 4 is 30.0 Å². The molecule has 0 aliphatic carbocycles. The fourth-order valence-corrected chi connectivity index (χ4v) is 3.39. The summed E-state index contributed by atoms with van der Waals surface area (Å²) in [7, 11) is 1.29. The summed E-state index contributed by atoms with van der Waals surface area (Å²) in [5.41, 5.74) is 1.39. The Morgan fingerprint density at radius 3 is 2.59 bits per heavy atom. The number of piperidine rings is 1. The fraction of sp³-hybridized carbons (Fsp3) is 0.381. The molecule has 1 saturated heterocycles. The first-order valence-corrected chi connectivity index (χ1v) is 9.26. The second-order valence-electron chi connectivity index (χ2n) is 7.01. The van der Waals surface area contributed by atoms with E-state index in [9.17, 15) is 14.4 Å². The molecule has 0 spiro atoms. The van der Waals surface area contributed by atoms with E-state index in [0.717, 1.165) is 31.5 Å². The summed E-state index contributed by atoms with van der Waals surface area (Å²) in [6.45, 7) is 5.24. The molecular weight excluding hydrogens is 396 g/mol. The number of hydrogen-bond donors (Lipinski definition) is 2. The van der Waals surface area contributed by atoms with Gasteiger partial charge in [0.25, 0.3) is 5.91 Å². The zero-order valence-corrected chi connectivity index (χ0v) is 17.5. The van der Waals surface area contributed by atoms with Crippen LogP contribution >= 0.6 is 12.4 Å². The first kappa shape index (κ1) is 22.6. The Hall–Kier alpha value is -2.64. The number of ether oxygens (including phenoxy) is 1. The number of methoxy groups -OCH3 is 1. The summed E-state index contributed by atoms with van der Waals surface area (Å²) in [6.07, 6.45) is 1.96. The van der Waals surface area contributed by atoms with Crippen LogP contribution in [-0.2, 0) is 4.74 Å². The number of benzene rings is 1. The smallest absolute Gasteiger partial charge is 0.349 e. The van der Waals surface area contributed by atoms with Crippen molar-refractivity contribution in [3.8, 4) is 0 Å². The average Bonchev–Trinajstić information content (AvgIpc) is 2.69. The van der Waals surface area contributed by atoms with E-state index in [0.29, 0.717) is 22.6 Å². The molecule has 0 radical (unpaired) electrons. The maximum absolute atomic E-state index is 12.7. The van der Waals surface area contributed by atoms with Gasteiger partial charge < -0.3 is 19.8 Å². The molecule has 1 aliphatic heterocycles.